The molecule has 9 nitrogen and oxygen atoms in total. The van der Waals surface area contributed by atoms with Gasteiger partial charge in [-0.1, -0.05) is 29.8 Å². The molecule has 4 N–H and O–H groups in total. The van der Waals surface area contributed by atoms with Gasteiger partial charge in [-0.2, -0.15) is 0 Å². The molecule has 1 saturated heterocycles. The molecule has 2 aromatic heterocycles. The number of imidazole rings is 1. The van der Waals surface area contributed by atoms with Gasteiger partial charge >= 0.3 is 0 Å². The van der Waals surface area contributed by atoms with Crippen molar-refractivity contribution in [3.63, 3.8) is 0 Å². The molecule has 1 aliphatic rings. The highest BCUT2D eigenvalue weighted by Crippen LogP contribution is 2.34. The number of piperazine rings is 1. The van der Waals surface area contributed by atoms with Crippen LogP contribution in [0.25, 0.3) is 5.65 Å². The summed E-state index contributed by atoms with van der Waals surface area (Å²) < 4.78 is 7.44. The van der Waals surface area contributed by atoms with Crippen LogP contribution in [0.5, 0.6) is 5.75 Å². The Morgan fingerprint density at radius 3 is 2.77 bits per heavy atom. The van der Waals surface area contributed by atoms with E-state index in [0.717, 1.165) is 37.4 Å². The molecule has 4 aromatic rings. The minimum Gasteiger partial charge on any atom is -0.494 e. The number of ether oxygens (including phenoxy) is 1. The molecule has 0 aliphatic carbocycles. The fourth-order valence-corrected chi connectivity index (χ4v) is 4.53. The number of hydrogen-bond donors (Lipinski definition) is 3. The lowest BCUT2D eigenvalue weighted by Crippen LogP contribution is -2.43. The molecule has 1 fully saturated rings. The predicted octanol–water partition coefficient (Wildman–Crippen LogP) is 3.23. The van der Waals surface area contributed by atoms with Crippen molar-refractivity contribution in [2.75, 3.05) is 43.5 Å². The normalized spacial score (nSPS) is 13.7. The third kappa shape index (κ3) is 4.60. The van der Waals surface area contributed by atoms with Gasteiger partial charge in [-0.25, -0.2) is 9.97 Å². The first-order chi connectivity index (χ1) is 17.0. The van der Waals surface area contributed by atoms with Crippen LogP contribution in [0.1, 0.15) is 21.7 Å². The van der Waals surface area contributed by atoms with Crippen molar-refractivity contribution in [2.24, 2.45) is 5.73 Å². The zero-order valence-electron chi connectivity index (χ0n) is 19.3. The second-order valence-corrected chi connectivity index (χ2v) is 8.66. The van der Waals surface area contributed by atoms with E-state index in [2.05, 4.69) is 20.5 Å². The van der Waals surface area contributed by atoms with E-state index in [1.54, 1.807) is 23.9 Å². The summed E-state index contributed by atoms with van der Waals surface area (Å²) in [6.45, 7) is 3.72. The van der Waals surface area contributed by atoms with Gasteiger partial charge in [-0.3, -0.25) is 9.20 Å². The second kappa shape index (κ2) is 9.81. The molecule has 5 rings (SSSR count). The fraction of sp³-hybridized carbons (Fsp3) is 0.240. The van der Waals surface area contributed by atoms with Crippen LogP contribution in [0.4, 0.5) is 17.2 Å². The number of primary amides is 1. The van der Waals surface area contributed by atoms with E-state index in [-0.39, 0.29) is 5.56 Å². The highest BCUT2D eigenvalue weighted by molar-refractivity contribution is 6.31. The summed E-state index contributed by atoms with van der Waals surface area (Å²) in [4.78, 5) is 24.0. The number of carbonyl (C=O) groups excluding carboxylic acids is 1. The first kappa shape index (κ1) is 22.9. The van der Waals surface area contributed by atoms with E-state index < -0.39 is 5.91 Å². The standard InChI is InChI=1S/C25H26ClN7O2/c1-35-20-15-17(32-11-8-28-9-12-32)6-7-19(20)30-24-22(23(27)34)25-29-10-13-33(25)21(31-24)14-16-4-2-3-5-18(16)26/h2-7,10,13,15,28,30H,8-9,11-12,14H2,1H3,(H2,27,34). The van der Waals surface area contributed by atoms with Crippen LogP contribution >= 0.6 is 11.6 Å². The van der Waals surface area contributed by atoms with Crippen molar-refractivity contribution in [3.8, 4) is 5.75 Å². The average Bonchev–Trinajstić information content (AvgIpc) is 3.36. The Morgan fingerprint density at radius 2 is 2.03 bits per heavy atom. The third-order valence-corrected chi connectivity index (χ3v) is 6.46. The van der Waals surface area contributed by atoms with Gasteiger partial charge in [0.2, 0.25) is 0 Å². The lowest BCUT2D eigenvalue weighted by molar-refractivity contribution is 0.100. The van der Waals surface area contributed by atoms with Crippen LogP contribution in [0.15, 0.2) is 54.9 Å². The van der Waals surface area contributed by atoms with Gasteiger partial charge in [0, 0.05) is 61.8 Å². The Kier molecular flexibility index (Phi) is 6.43. The van der Waals surface area contributed by atoms with Crippen LogP contribution < -0.4 is 26.0 Å². The van der Waals surface area contributed by atoms with Crippen molar-refractivity contribution >= 4 is 40.3 Å². The Labute approximate surface area is 207 Å². The van der Waals surface area contributed by atoms with Gasteiger partial charge in [-0.05, 0) is 23.8 Å². The number of nitrogens with zero attached hydrogens (tertiary/aromatic N) is 4. The maximum Gasteiger partial charge on any atom is 0.256 e. The fourth-order valence-electron chi connectivity index (χ4n) is 4.33. The van der Waals surface area contributed by atoms with Crippen LogP contribution in [0.3, 0.4) is 0 Å². The molecule has 1 aliphatic heterocycles. The summed E-state index contributed by atoms with van der Waals surface area (Å²) in [7, 11) is 1.62. The van der Waals surface area contributed by atoms with E-state index in [4.69, 9.17) is 27.1 Å². The lowest BCUT2D eigenvalue weighted by Gasteiger charge is -2.30. The highest BCUT2D eigenvalue weighted by Gasteiger charge is 2.22. The number of fused-ring (bicyclic) bond motifs is 1. The Hall–Kier alpha value is -3.82. The molecule has 35 heavy (non-hydrogen) atoms. The number of carbonyl (C=O) groups is 1. The minimum absolute atomic E-state index is 0.200. The number of nitrogens with one attached hydrogen (secondary N) is 2. The molecule has 10 heteroatoms. The monoisotopic (exact) mass is 491 g/mol. The molecule has 2 aromatic carbocycles. The first-order valence-electron chi connectivity index (χ1n) is 11.3. The number of benzene rings is 2. The van der Waals surface area contributed by atoms with E-state index in [1.807, 2.05) is 42.5 Å². The van der Waals surface area contributed by atoms with Gasteiger partial charge in [0.05, 0.1) is 12.8 Å². The molecule has 0 radical (unpaired) electrons. The van der Waals surface area contributed by atoms with Gasteiger partial charge in [0.25, 0.3) is 5.91 Å². The predicted molar refractivity (Wildman–Crippen MR) is 137 cm³/mol. The summed E-state index contributed by atoms with van der Waals surface area (Å²) in [5.74, 6) is 0.979. The minimum atomic E-state index is -0.628. The molecule has 0 saturated carbocycles. The third-order valence-electron chi connectivity index (χ3n) is 6.09. The molecule has 180 valence electrons. The van der Waals surface area contributed by atoms with Crippen molar-refractivity contribution in [1.29, 1.82) is 0 Å². The summed E-state index contributed by atoms with van der Waals surface area (Å²) in [6, 6.07) is 13.5. The van der Waals surface area contributed by atoms with E-state index in [9.17, 15) is 4.79 Å². The Balaban J connectivity index is 1.56. The zero-order chi connectivity index (χ0) is 24.4. The topological polar surface area (TPSA) is 110 Å². The quantitative estimate of drug-likeness (QED) is 0.364. The largest absolute Gasteiger partial charge is 0.494 e. The van der Waals surface area contributed by atoms with E-state index >= 15 is 0 Å². The second-order valence-electron chi connectivity index (χ2n) is 8.25. The number of rotatable bonds is 7. The number of methoxy groups -OCH3 is 1. The number of nitrogens with two attached hydrogens (primary N) is 1. The summed E-state index contributed by atoms with van der Waals surface area (Å²) in [5.41, 5.74) is 9.05. The van der Waals surface area contributed by atoms with Crippen molar-refractivity contribution in [3.05, 3.63) is 76.8 Å². The van der Waals surface area contributed by atoms with E-state index in [0.29, 0.717) is 40.2 Å². The van der Waals surface area contributed by atoms with Crippen LogP contribution in [-0.4, -0.2) is 53.6 Å². The number of amides is 1. The molecule has 0 spiro atoms. The van der Waals surface area contributed by atoms with E-state index in [1.165, 1.54) is 0 Å². The van der Waals surface area contributed by atoms with Crippen LogP contribution in [-0.2, 0) is 6.42 Å². The van der Waals surface area contributed by atoms with Crippen molar-refractivity contribution in [1.82, 2.24) is 19.7 Å². The maximum atomic E-state index is 12.5. The molecule has 0 atom stereocenters. The van der Waals surface area contributed by atoms with Crippen LogP contribution in [0.2, 0.25) is 5.02 Å². The summed E-state index contributed by atoms with van der Waals surface area (Å²) in [5, 5.41) is 7.27. The first-order valence-corrected chi connectivity index (χ1v) is 11.7. The molecule has 1 amide bonds. The van der Waals surface area contributed by atoms with Gasteiger partial charge in [-0.15, -0.1) is 0 Å². The zero-order valence-corrected chi connectivity index (χ0v) is 20.0. The lowest BCUT2D eigenvalue weighted by atomic mass is 10.1. The molecular formula is C25H26ClN7O2. The smallest absolute Gasteiger partial charge is 0.256 e. The number of anilines is 3. The van der Waals surface area contributed by atoms with Crippen molar-refractivity contribution in [2.45, 2.75) is 6.42 Å². The Bertz CT molecular complexity index is 1380. The van der Waals surface area contributed by atoms with Crippen molar-refractivity contribution < 1.29 is 9.53 Å². The number of aromatic nitrogens is 3. The maximum absolute atomic E-state index is 12.5. The van der Waals surface area contributed by atoms with Crippen LogP contribution in [0, 0.1) is 0 Å². The average molecular weight is 492 g/mol. The summed E-state index contributed by atoms with van der Waals surface area (Å²) in [6.07, 6.45) is 3.82. The van der Waals surface area contributed by atoms with Gasteiger partial charge < -0.3 is 26.0 Å². The SMILES string of the molecule is COc1cc(N2CCNCC2)ccc1Nc1nc(Cc2ccccc2Cl)n2ccnc2c1C(N)=O. The molecule has 0 bridgehead atoms. The molecule has 3 heterocycles. The highest BCUT2D eigenvalue weighted by atomic mass is 35.5. The van der Waals surface area contributed by atoms with Gasteiger partial charge in [0.15, 0.2) is 5.65 Å². The number of halogens is 1. The van der Waals surface area contributed by atoms with Gasteiger partial charge in [0.1, 0.15) is 23.0 Å². The number of hydrogen-bond acceptors (Lipinski definition) is 7. The molecule has 0 unspecified atom stereocenters. The Morgan fingerprint density at radius 1 is 1.23 bits per heavy atom. The summed E-state index contributed by atoms with van der Waals surface area (Å²) >= 11 is 6.40. The molecular weight excluding hydrogens is 466 g/mol.